The fraction of sp³-hybridized carbons (Fsp3) is 0.562. The highest BCUT2D eigenvalue weighted by Gasteiger charge is 2.15. The fourth-order valence-corrected chi connectivity index (χ4v) is 2.81. The fourth-order valence-electron chi connectivity index (χ4n) is 2.81. The van der Waals surface area contributed by atoms with E-state index in [-0.39, 0.29) is 0 Å². The largest absolute Gasteiger partial charge is 0.316 e. The Balaban J connectivity index is 1.82. The van der Waals surface area contributed by atoms with Crippen molar-refractivity contribution in [3.05, 3.63) is 34.9 Å². The zero-order valence-corrected chi connectivity index (χ0v) is 11.5. The van der Waals surface area contributed by atoms with Crippen LogP contribution in [0, 0.1) is 19.8 Å². The van der Waals surface area contributed by atoms with Crippen LogP contribution >= 0.6 is 0 Å². The van der Waals surface area contributed by atoms with Gasteiger partial charge in [0.1, 0.15) is 5.78 Å². The van der Waals surface area contributed by atoms with Crippen molar-refractivity contribution in [3.8, 4) is 0 Å². The van der Waals surface area contributed by atoms with Crippen molar-refractivity contribution < 1.29 is 4.79 Å². The lowest BCUT2D eigenvalue weighted by molar-refractivity contribution is -0.118. The van der Waals surface area contributed by atoms with E-state index >= 15 is 0 Å². The molecule has 0 radical (unpaired) electrons. The van der Waals surface area contributed by atoms with E-state index < -0.39 is 0 Å². The molecule has 0 saturated carbocycles. The molecular formula is C16H23NO. The number of hydrogen-bond acceptors (Lipinski definition) is 2. The van der Waals surface area contributed by atoms with Crippen LogP contribution in [0.4, 0.5) is 0 Å². The minimum Gasteiger partial charge on any atom is -0.316 e. The van der Waals surface area contributed by atoms with Crippen LogP contribution in [-0.2, 0) is 11.2 Å². The zero-order valence-electron chi connectivity index (χ0n) is 11.5. The summed E-state index contributed by atoms with van der Waals surface area (Å²) in [6.45, 7) is 6.39. The first kappa shape index (κ1) is 13.3. The zero-order chi connectivity index (χ0) is 13.0. The molecule has 98 valence electrons. The molecular weight excluding hydrogens is 222 g/mol. The Hall–Kier alpha value is -1.15. The Labute approximate surface area is 110 Å². The number of carbonyl (C=O) groups is 1. The van der Waals surface area contributed by atoms with Crippen molar-refractivity contribution in [3.63, 3.8) is 0 Å². The number of aryl methyl sites for hydroxylation is 2. The van der Waals surface area contributed by atoms with Gasteiger partial charge in [0, 0.05) is 12.8 Å². The van der Waals surface area contributed by atoms with Gasteiger partial charge in [0.25, 0.3) is 0 Å². The first-order valence-electron chi connectivity index (χ1n) is 6.93. The van der Waals surface area contributed by atoms with E-state index in [1.165, 1.54) is 23.1 Å². The first-order valence-corrected chi connectivity index (χ1v) is 6.93. The topological polar surface area (TPSA) is 29.1 Å². The molecule has 0 amide bonds. The van der Waals surface area contributed by atoms with Crippen LogP contribution in [0.1, 0.15) is 36.0 Å². The average Bonchev–Trinajstić information content (AvgIpc) is 2.77. The van der Waals surface area contributed by atoms with Crippen LogP contribution in [0.25, 0.3) is 0 Å². The van der Waals surface area contributed by atoms with Crippen LogP contribution in [-0.4, -0.2) is 18.9 Å². The number of nitrogens with one attached hydrogen (secondary N) is 1. The normalized spacial score (nSPS) is 19.1. The molecule has 0 spiro atoms. The molecule has 2 rings (SSSR count). The summed E-state index contributed by atoms with van der Waals surface area (Å²) >= 11 is 0. The molecule has 1 unspecified atom stereocenters. The molecule has 18 heavy (non-hydrogen) atoms. The summed E-state index contributed by atoms with van der Waals surface area (Å²) in [4.78, 5) is 12.0. The number of rotatable bonds is 5. The summed E-state index contributed by atoms with van der Waals surface area (Å²) in [5, 5.41) is 3.35. The van der Waals surface area contributed by atoms with Gasteiger partial charge in [-0.25, -0.2) is 0 Å². The van der Waals surface area contributed by atoms with E-state index in [0.29, 0.717) is 18.1 Å². The van der Waals surface area contributed by atoms with Crippen LogP contribution in [0.5, 0.6) is 0 Å². The molecule has 1 atom stereocenters. The Morgan fingerprint density at radius 1 is 1.28 bits per heavy atom. The van der Waals surface area contributed by atoms with Crippen molar-refractivity contribution in [1.29, 1.82) is 0 Å². The third-order valence-electron chi connectivity index (χ3n) is 3.68. The van der Waals surface area contributed by atoms with Gasteiger partial charge in [0.05, 0.1) is 0 Å². The smallest absolute Gasteiger partial charge is 0.137 e. The Morgan fingerprint density at radius 3 is 2.61 bits per heavy atom. The molecule has 2 heteroatoms. The minimum absolute atomic E-state index is 0.381. The highest BCUT2D eigenvalue weighted by molar-refractivity contribution is 5.80. The maximum absolute atomic E-state index is 12.0. The second-order valence-corrected chi connectivity index (χ2v) is 5.61. The maximum atomic E-state index is 12.0. The van der Waals surface area contributed by atoms with Gasteiger partial charge >= 0.3 is 0 Å². The average molecular weight is 245 g/mol. The van der Waals surface area contributed by atoms with Gasteiger partial charge in [0.15, 0.2) is 0 Å². The van der Waals surface area contributed by atoms with Gasteiger partial charge < -0.3 is 5.32 Å². The summed E-state index contributed by atoms with van der Waals surface area (Å²) in [5.74, 6) is 1.10. The molecule has 1 N–H and O–H groups in total. The molecule has 0 aromatic heterocycles. The van der Waals surface area contributed by atoms with E-state index in [9.17, 15) is 4.79 Å². The monoisotopic (exact) mass is 245 g/mol. The third-order valence-corrected chi connectivity index (χ3v) is 3.68. The quantitative estimate of drug-likeness (QED) is 0.864. The van der Waals surface area contributed by atoms with E-state index in [1.807, 2.05) is 0 Å². The second-order valence-electron chi connectivity index (χ2n) is 5.61. The Morgan fingerprint density at radius 2 is 2.00 bits per heavy atom. The van der Waals surface area contributed by atoms with Crippen molar-refractivity contribution >= 4 is 5.78 Å². The van der Waals surface area contributed by atoms with E-state index in [4.69, 9.17) is 0 Å². The molecule has 1 heterocycles. The lowest BCUT2D eigenvalue weighted by atomic mass is 9.97. The number of hydrogen-bond donors (Lipinski definition) is 1. The van der Waals surface area contributed by atoms with Crippen molar-refractivity contribution in [1.82, 2.24) is 5.32 Å². The molecule has 0 bridgehead atoms. The number of Topliss-reactive ketones (excluding diaryl/α,β-unsaturated/α-hetero) is 1. The predicted molar refractivity (Wildman–Crippen MR) is 74.8 cm³/mol. The molecule has 0 aliphatic carbocycles. The van der Waals surface area contributed by atoms with Gasteiger partial charge in [-0.15, -0.1) is 0 Å². The van der Waals surface area contributed by atoms with E-state index in [1.54, 1.807) is 0 Å². The number of ketones is 1. The summed E-state index contributed by atoms with van der Waals surface area (Å²) in [6.07, 6.45) is 3.62. The van der Waals surface area contributed by atoms with Gasteiger partial charge in [-0.3, -0.25) is 4.79 Å². The summed E-state index contributed by atoms with van der Waals surface area (Å²) in [7, 11) is 0. The van der Waals surface area contributed by atoms with Gasteiger partial charge in [-0.05, 0) is 51.3 Å². The predicted octanol–water partition coefficient (Wildman–Crippen LogP) is 2.80. The highest BCUT2D eigenvalue weighted by Crippen LogP contribution is 2.16. The van der Waals surface area contributed by atoms with Crippen LogP contribution in [0.2, 0.25) is 0 Å². The van der Waals surface area contributed by atoms with E-state index in [0.717, 1.165) is 25.9 Å². The standard InChI is InChI=1S/C16H23NO/c1-12-7-13(2)9-15(8-12)10-16(18)4-3-14-5-6-17-11-14/h7-9,14,17H,3-6,10-11H2,1-2H3. The second kappa shape index (κ2) is 6.14. The van der Waals surface area contributed by atoms with Crippen LogP contribution < -0.4 is 5.32 Å². The Bertz CT molecular complexity index is 399. The highest BCUT2D eigenvalue weighted by atomic mass is 16.1. The Kier molecular flexibility index (Phi) is 4.54. The number of benzene rings is 1. The summed E-state index contributed by atoms with van der Waals surface area (Å²) in [5.41, 5.74) is 3.66. The molecule has 1 aliphatic rings. The van der Waals surface area contributed by atoms with Gasteiger partial charge in [-0.1, -0.05) is 29.3 Å². The van der Waals surface area contributed by atoms with Crippen molar-refractivity contribution in [2.75, 3.05) is 13.1 Å². The van der Waals surface area contributed by atoms with Gasteiger partial charge in [0.2, 0.25) is 0 Å². The molecule has 1 aliphatic heterocycles. The SMILES string of the molecule is Cc1cc(C)cc(CC(=O)CCC2CCNC2)c1. The lowest BCUT2D eigenvalue weighted by Gasteiger charge is -2.08. The molecule has 1 aromatic rings. The molecule has 1 saturated heterocycles. The van der Waals surface area contributed by atoms with Crippen LogP contribution in [0.3, 0.4) is 0 Å². The first-order chi connectivity index (χ1) is 8.63. The van der Waals surface area contributed by atoms with Gasteiger partial charge in [-0.2, -0.15) is 0 Å². The molecule has 2 nitrogen and oxygen atoms in total. The summed E-state index contributed by atoms with van der Waals surface area (Å²) < 4.78 is 0. The van der Waals surface area contributed by atoms with Crippen molar-refractivity contribution in [2.45, 2.75) is 39.5 Å². The summed E-state index contributed by atoms with van der Waals surface area (Å²) in [6, 6.07) is 6.40. The lowest BCUT2D eigenvalue weighted by Crippen LogP contribution is -2.11. The van der Waals surface area contributed by atoms with Crippen LogP contribution in [0.15, 0.2) is 18.2 Å². The maximum Gasteiger partial charge on any atom is 0.137 e. The van der Waals surface area contributed by atoms with E-state index in [2.05, 4.69) is 37.4 Å². The minimum atomic E-state index is 0.381. The number of carbonyl (C=O) groups excluding carboxylic acids is 1. The molecule has 1 aromatic carbocycles. The van der Waals surface area contributed by atoms with Crippen molar-refractivity contribution in [2.24, 2.45) is 5.92 Å². The third kappa shape index (κ3) is 3.95. The molecule has 1 fully saturated rings.